The topological polar surface area (TPSA) is 80.0 Å². The molecule has 2 aromatic heterocycles. The lowest BCUT2D eigenvalue weighted by atomic mass is 10.0. The summed E-state index contributed by atoms with van der Waals surface area (Å²) >= 11 is 0. The van der Waals surface area contributed by atoms with Crippen molar-refractivity contribution in [2.24, 2.45) is 0 Å². The third-order valence-corrected chi connectivity index (χ3v) is 5.20. The van der Waals surface area contributed by atoms with Gasteiger partial charge in [-0.25, -0.2) is 9.37 Å². The average molecular weight is 435 g/mol. The molecule has 7 heteroatoms. The summed E-state index contributed by atoms with van der Waals surface area (Å²) in [6.45, 7) is 5.44. The lowest BCUT2D eigenvalue weighted by molar-refractivity contribution is 0.281. The van der Waals surface area contributed by atoms with E-state index >= 15 is 0 Å². The molecule has 4 rings (SSSR count). The highest BCUT2D eigenvalue weighted by molar-refractivity contribution is 5.93. The second-order valence-electron chi connectivity index (χ2n) is 7.61. The number of benzene rings is 2. The van der Waals surface area contributed by atoms with E-state index in [9.17, 15) is 14.3 Å². The fourth-order valence-corrected chi connectivity index (χ4v) is 3.59. The van der Waals surface area contributed by atoms with Crippen LogP contribution in [0.5, 0.6) is 0 Å². The number of aromatic nitrogens is 3. The predicted molar refractivity (Wildman–Crippen MR) is 127 cm³/mol. The normalized spacial score (nSPS) is 11.8. The summed E-state index contributed by atoms with van der Waals surface area (Å²) in [5.74, 6) is -0.0515. The van der Waals surface area contributed by atoms with Crippen molar-refractivity contribution in [1.82, 2.24) is 14.5 Å². The smallest absolute Gasteiger partial charge is 0.256 e. The van der Waals surface area contributed by atoms with Crippen molar-refractivity contribution < 1.29 is 9.50 Å². The maximum absolute atomic E-state index is 13.7. The highest BCUT2D eigenvalue weighted by Gasteiger charge is 2.18. The van der Waals surface area contributed by atoms with Gasteiger partial charge in [-0.15, -0.1) is 0 Å². The zero-order valence-electron chi connectivity index (χ0n) is 17.6. The molecular weight excluding hydrogens is 407 g/mol. The molecule has 4 aromatic rings. The fourth-order valence-electron chi connectivity index (χ4n) is 3.59. The van der Waals surface area contributed by atoms with Gasteiger partial charge in [0.25, 0.3) is 5.56 Å². The van der Waals surface area contributed by atoms with Gasteiger partial charge in [0.1, 0.15) is 5.82 Å². The Morgan fingerprint density at radius 3 is 2.50 bits per heavy atom. The summed E-state index contributed by atoms with van der Waals surface area (Å²) < 4.78 is 15.3. The number of anilines is 1. The van der Waals surface area contributed by atoms with Gasteiger partial charge < -0.3 is 10.4 Å². The second-order valence-corrected chi connectivity index (χ2v) is 7.61. The van der Waals surface area contributed by atoms with Gasteiger partial charge in [-0.05, 0) is 62.2 Å². The Kier molecular flexibility index (Phi) is 6.69. The molecule has 1 atom stereocenters. The third-order valence-electron chi connectivity index (χ3n) is 5.20. The van der Waals surface area contributed by atoms with Crippen LogP contribution in [0.25, 0.3) is 28.0 Å². The Balaban J connectivity index is 0.00000289. The molecule has 0 bridgehead atoms. The Labute approximate surface area is 186 Å². The molecule has 2 heterocycles. The minimum absolute atomic E-state index is 0. The van der Waals surface area contributed by atoms with Crippen molar-refractivity contribution >= 4 is 17.0 Å². The maximum Gasteiger partial charge on any atom is 0.256 e. The standard InChI is InChI=1S/C24H23FN4O2.CH4/c1-14-6-4-5-7-20(14)29-21(31)11-10-19-22(18-9-8-17(25)12-15(18)2)27-24(28-23(19)29)26-16(3)13-30;/h4-12,16,30H,13H2,1-3H3,(H,26,27,28);1H4/t16-;/m0./s1. The molecule has 0 unspecified atom stereocenters. The molecule has 2 aromatic carbocycles. The van der Waals surface area contributed by atoms with Crippen LogP contribution in [-0.4, -0.2) is 32.3 Å². The third kappa shape index (κ3) is 4.24. The molecule has 6 nitrogen and oxygen atoms in total. The summed E-state index contributed by atoms with van der Waals surface area (Å²) in [6.07, 6.45) is 0. The minimum Gasteiger partial charge on any atom is -0.394 e. The van der Waals surface area contributed by atoms with E-state index in [0.29, 0.717) is 16.7 Å². The first-order valence-electron chi connectivity index (χ1n) is 10.0. The van der Waals surface area contributed by atoms with Crippen LogP contribution >= 0.6 is 0 Å². The van der Waals surface area contributed by atoms with Crippen LogP contribution in [0.4, 0.5) is 10.3 Å². The molecule has 166 valence electrons. The van der Waals surface area contributed by atoms with E-state index in [2.05, 4.69) is 15.3 Å². The van der Waals surface area contributed by atoms with E-state index in [-0.39, 0.29) is 37.4 Å². The average Bonchev–Trinajstić information content (AvgIpc) is 2.74. The predicted octanol–water partition coefficient (Wildman–Crippen LogP) is 4.63. The molecule has 0 saturated heterocycles. The maximum atomic E-state index is 13.7. The van der Waals surface area contributed by atoms with Gasteiger partial charge in [0.15, 0.2) is 5.65 Å². The van der Waals surface area contributed by atoms with Crippen molar-refractivity contribution in [2.75, 3.05) is 11.9 Å². The van der Waals surface area contributed by atoms with Crippen molar-refractivity contribution in [1.29, 1.82) is 0 Å². The van der Waals surface area contributed by atoms with Crippen LogP contribution in [0.15, 0.2) is 59.4 Å². The van der Waals surface area contributed by atoms with E-state index in [1.165, 1.54) is 18.2 Å². The fraction of sp³-hybridized carbons (Fsp3) is 0.240. The molecule has 0 aliphatic heterocycles. The molecule has 0 aliphatic carbocycles. The summed E-state index contributed by atoms with van der Waals surface area (Å²) in [4.78, 5) is 22.2. The Morgan fingerprint density at radius 1 is 1.06 bits per heavy atom. The highest BCUT2D eigenvalue weighted by atomic mass is 19.1. The number of nitrogens with one attached hydrogen (secondary N) is 1. The minimum atomic E-state index is -0.330. The zero-order chi connectivity index (χ0) is 22.1. The number of aliphatic hydroxyl groups excluding tert-OH is 1. The summed E-state index contributed by atoms with van der Waals surface area (Å²) in [5.41, 5.74) is 3.90. The van der Waals surface area contributed by atoms with E-state index in [4.69, 9.17) is 0 Å². The zero-order valence-corrected chi connectivity index (χ0v) is 17.6. The lowest BCUT2D eigenvalue weighted by Crippen LogP contribution is -2.23. The number of fused-ring (bicyclic) bond motifs is 1. The summed E-state index contributed by atoms with van der Waals surface area (Å²) in [6, 6.07) is 15.0. The number of aryl methyl sites for hydroxylation is 2. The molecule has 0 saturated carbocycles. The second kappa shape index (κ2) is 9.28. The van der Waals surface area contributed by atoms with Crippen LogP contribution in [-0.2, 0) is 0 Å². The Morgan fingerprint density at radius 2 is 1.81 bits per heavy atom. The molecule has 0 spiro atoms. The number of aliphatic hydroxyl groups is 1. The van der Waals surface area contributed by atoms with Gasteiger partial charge in [-0.1, -0.05) is 25.6 Å². The van der Waals surface area contributed by atoms with E-state index in [1.807, 2.05) is 38.1 Å². The van der Waals surface area contributed by atoms with Gasteiger partial charge in [0, 0.05) is 23.1 Å². The van der Waals surface area contributed by atoms with Gasteiger partial charge in [-0.2, -0.15) is 4.98 Å². The number of para-hydroxylation sites is 1. The number of nitrogens with zero attached hydrogens (tertiary/aromatic N) is 3. The molecule has 0 radical (unpaired) electrons. The lowest BCUT2D eigenvalue weighted by Gasteiger charge is -2.17. The summed E-state index contributed by atoms with van der Waals surface area (Å²) in [7, 11) is 0. The van der Waals surface area contributed by atoms with Gasteiger partial charge in [-0.3, -0.25) is 9.36 Å². The largest absolute Gasteiger partial charge is 0.394 e. The number of pyridine rings is 1. The van der Waals surface area contributed by atoms with Crippen molar-refractivity contribution in [3.63, 3.8) is 0 Å². The molecule has 0 amide bonds. The molecular formula is C25H27FN4O2. The van der Waals surface area contributed by atoms with E-state index in [0.717, 1.165) is 22.4 Å². The SMILES string of the molecule is C.Cc1cc(F)ccc1-c1nc(N[C@@H](C)CO)nc2c1ccc(=O)n2-c1ccccc1C. The van der Waals surface area contributed by atoms with Gasteiger partial charge in [0.05, 0.1) is 18.0 Å². The summed E-state index contributed by atoms with van der Waals surface area (Å²) in [5, 5.41) is 13.2. The first kappa shape index (κ1) is 23.1. The Hall–Kier alpha value is -3.58. The van der Waals surface area contributed by atoms with Crippen LogP contribution in [0, 0.1) is 19.7 Å². The number of halogens is 1. The van der Waals surface area contributed by atoms with Crippen LogP contribution in [0.1, 0.15) is 25.5 Å². The first-order chi connectivity index (χ1) is 14.9. The van der Waals surface area contributed by atoms with E-state index in [1.54, 1.807) is 23.6 Å². The quantitative estimate of drug-likeness (QED) is 0.479. The van der Waals surface area contributed by atoms with Crippen LogP contribution in [0.3, 0.4) is 0 Å². The van der Waals surface area contributed by atoms with Crippen LogP contribution < -0.4 is 10.9 Å². The van der Waals surface area contributed by atoms with Crippen molar-refractivity contribution in [3.05, 3.63) is 81.9 Å². The van der Waals surface area contributed by atoms with Gasteiger partial charge >= 0.3 is 0 Å². The highest BCUT2D eigenvalue weighted by Crippen LogP contribution is 2.30. The van der Waals surface area contributed by atoms with Crippen molar-refractivity contribution in [3.8, 4) is 16.9 Å². The molecule has 0 fully saturated rings. The Bertz CT molecular complexity index is 1330. The van der Waals surface area contributed by atoms with Gasteiger partial charge in [0.2, 0.25) is 5.95 Å². The first-order valence-corrected chi connectivity index (χ1v) is 10.0. The van der Waals surface area contributed by atoms with Crippen LogP contribution in [0.2, 0.25) is 0 Å². The molecule has 2 N–H and O–H groups in total. The number of rotatable bonds is 5. The van der Waals surface area contributed by atoms with E-state index < -0.39 is 0 Å². The van der Waals surface area contributed by atoms with Crippen molar-refractivity contribution in [2.45, 2.75) is 34.2 Å². The molecule has 0 aliphatic rings. The number of hydrogen-bond acceptors (Lipinski definition) is 5. The number of hydrogen-bond donors (Lipinski definition) is 2. The monoisotopic (exact) mass is 434 g/mol. The molecule has 32 heavy (non-hydrogen) atoms.